The van der Waals surface area contributed by atoms with Gasteiger partial charge in [0.15, 0.2) is 5.60 Å². The number of rotatable bonds is 1. The van der Waals surface area contributed by atoms with Crippen molar-refractivity contribution >= 4 is 17.4 Å². The summed E-state index contributed by atoms with van der Waals surface area (Å²) in [4.78, 5) is 24.4. The number of para-hydroxylation sites is 1. The summed E-state index contributed by atoms with van der Waals surface area (Å²) in [5.41, 5.74) is 0.435. The minimum absolute atomic E-state index is 0.0943. The van der Waals surface area contributed by atoms with E-state index in [2.05, 4.69) is 5.32 Å². The maximum atomic E-state index is 12.3. The van der Waals surface area contributed by atoms with Crippen LogP contribution in [0.3, 0.4) is 0 Å². The average Bonchev–Trinajstić information content (AvgIpc) is 2.62. The zero-order valence-corrected chi connectivity index (χ0v) is 11.1. The third kappa shape index (κ3) is 1.78. The Bertz CT molecular complexity index is 552. The van der Waals surface area contributed by atoms with Gasteiger partial charge in [-0.1, -0.05) is 32.0 Å². The van der Waals surface area contributed by atoms with Crippen molar-refractivity contribution in [1.29, 1.82) is 0 Å². The maximum Gasteiger partial charge on any atom is 0.261 e. The highest BCUT2D eigenvalue weighted by atomic mass is 16.5. The molecule has 2 atom stereocenters. The minimum Gasteiger partial charge on any atom is -0.356 e. The first-order valence-corrected chi connectivity index (χ1v) is 6.63. The van der Waals surface area contributed by atoms with Crippen LogP contribution in [0.1, 0.15) is 32.3 Å². The van der Waals surface area contributed by atoms with Crippen LogP contribution in [-0.4, -0.2) is 17.8 Å². The predicted molar refractivity (Wildman–Crippen MR) is 70.7 cm³/mol. The number of anilines is 1. The lowest BCUT2D eigenvalue weighted by atomic mass is 9.83. The van der Waals surface area contributed by atoms with Crippen LogP contribution in [0.5, 0.6) is 0 Å². The van der Waals surface area contributed by atoms with Gasteiger partial charge in [0.1, 0.15) is 5.78 Å². The number of nitrogens with one attached hydrogen (secondary N) is 1. The molecule has 0 bridgehead atoms. The Morgan fingerprint density at radius 2 is 2.05 bits per heavy atom. The fourth-order valence-corrected chi connectivity index (χ4v) is 2.87. The normalized spacial score (nSPS) is 29.7. The maximum absolute atomic E-state index is 12.3. The van der Waals surface area contributed by atoms with E-state index >= 15 is 0 Å². The standard InChI is InChI=1S/C15H17NO3/c1-9(2)13-7-10(17)8-15(19-13)11-5-3-4-6-12(11)16-14(15)18/h3-6,9,13H,7-8H2,1-2H3,(H,16,18)/t13-,15?/m1/s1. The van der Waals surface area contributed by atoms with Gasteiger partial charge in [0.2, 0.25) is 0 Å². The summed E-state index contributed by atoms with van der Waals surface area (Å²) in [6, 6.07) is 7.44. The molecule has 2 heterocycles. The summed E-state index contributed by atoms with van der Waals surface area (Å²) in [6.07, 6.45) is 0.339. The molecule has 1 saturated heterocycles. The molecule has 1 amide bonds. The molecule has 1 aromatic carbocycles. The Hall–Kier alpha value is -1.68. The molecule has 0 saturated carbocycles. The number of ether oxygens (including phenoxy) is 1. The van der Waals surface area contributed by atoms with Gasteiger partial charge in [-0.05, 0) is 12.0 Å². The van der Waals surface area contributed by atoms with E-state index in [0.717, 1.165) is 11.3 Å². The van der Waals surface area contributed by atoms with E-state index in [1.807, 2.05) is 38.1 Å². The molecule has 100 valence electrons. The van der Waals surface area contributed by atoms with E-state index in [1.54, 1.807) is 0 Å². The number of Topliss-reactive ketones (excluding diaryl/α,β-unsaturated/α-hetero) is 1. The quantitative estimate of drug-likeness (QED) is 0.841. The van der Waals surface area contributed by atoms with E-state index in [9.17, 15) is 9.59 Å². The summed E-state index contributed by atoms with van der Waals surface area (Å²) in [5, 5.41) is 2.82. The van der Waals surface area contributed by atoms with E-state index in [4.69, 9.17) is 4.74 Å². The molecule has 0 aromatic heterocycles. The molecular weight excluding hydrogens is 242 g/mol. The number of fused-ring (bicyclic) bond motifs is 2. The summed E-state index contributed by atoms with van der Waals surface area (Å²) < 4.78 is 6.07. The molecule has 1 unspecified atom stereocenters. The predicted octanol–water partition coefficient (Wildman–Crippen LogP) is 2.24. The molecule has 19 heavy (non-hydrogen) atoms. The second-order valence-corrected chi connectivity index (χ2v) is 5.65. The van der Waals surface area contributed by atoms with Crippen LogP contribution in [0.15, 0.2) is 24.3 Å². The first-order valence-electron chi connectivity index (χ1n) is 6.63. The molecule has 1 N–H and O–H groups in total. The summed E-state index contributed by atoms with van der Waals surface area (Å²) >= 11 is 0. The Balaban J connectivity index is 2.07. The average molecular weight is 259 g/mol. The molecule has 1 aromatic rings. The van der Waals surface area contributed by atoms with Crippen molar-refractivity contribution in [3.63, 3.8) is 0 Å². The molecule has 4 nitrogen and oxygen atoms in total. The fourth-order valence-electron chi connectivity index (χ4n) is 2.87. The second kappa shape index (κ2) is 4.17. The van der Waals surface area contributed by atoms with Crippen molar-refractivity contribution < 1.29 is 14.3 Å². The van der Waals surface area contributed by atoms with Gasteiger partial charge in [0.25, 0.3) is 5.91 Å². The molecule has 3 rings (SSSR count). The van der Waals surface area contributed by atoms with Crippen molar-refractivity contribution in [3.8, 4) is 0 Å². The Morgan fingerprint density at radius 3 is 2.79 bits per heavy atom. The number of ketones is 1. The third-order valence-electron chi connectivity index (χ3n) is 3.95. The highest BCUT2D eigenvalue weighted by Crippen LogP contribution is 2.45. The van der Waals surface area contributed by atoms with Gasteiger partial charge in [-0.25, -0.2) is 0 Å². The molecule has 1 spiro atoms. The monoisotopic (exact) mass is 259 g/mol. The van der Waals surface area contributed by atoms with Gasteiger partial charge in [0.05, 0.1) is 6.10 Å². The van der Waals surface area contributed by atoms with E-state index < -0.39 is 5.60 Å². The topological polar surface area (TPSA) is 55.4 Å². The Morgan fingerprint density at radius 1 is 1.32 bits per heavy atom. The first kappa shape index (κ1) is 12.4. The Labute approximate surface area is 112 Å². The summed E-state index contributed by atoms with van der Waals surface area (Å²) in [5.74, 6) is 0.0888. The highest BCUT2D eigenvalue weighted by Gasteiger charge is 2.53. The molecule has 0 radical (unpaired) electrons. The SMILES string of the molecule is CC(C)[C@H]1CC(=O)CC2(O1)C(=O)Nc1ccccc12. The van der Waals surface area contributed by atoms with Gasteiger partial charge in [-0.3, -0.25) is 9.59 Å². The molecule has 1 fully saturated rings. The van der Waals surface area contributed by atoms with Crippen molar-refractivity contribution in [2.24, 2.45) is 5.92 Å². The summed E-state index contributed by atoms with van der Waals surface area (Å²) in [6.45, 7) is 4.02. The first-order chi connectivity index (χ1) is 9.03. The lowest BCUT2D eigenvalue weighted by Crippen LogP contribution is -2.48. The number of carbonyl (C=O) groups excluding carboxylic acids is 2. The van der Waals surface area contributed by atoms with Gasteiger partial charge < -0.3 is 10.1 Å². The molecule has 4 heteroatoms. The van der Waals surface area contributed by atoms with Crippen LogP contribution in [0.25, 0.3) is 0 Å². The fraction of sp³-hybridized carbons (Fsp3) is 0.467. The third-order valence-corrected chi connectivity index (χ3v) is 3.95. The zero-order valence-electron chi connectivity index (χ0n) is 11.1. The molecule has 2 aliphatic rings. The van der Waals surface area contributed by atoms with Gasteiger partial charge in [-0.2, -0.15) is 0 Å². The van der Waals surface area contributed by atoms with Crippen LogP contribution >= 0.6 is 0 Å². The van der Waals surface area contributed by atoms with Gasteiger partial charge >= 0.3 is 0 Å². The van der Waals surface area contributed by atoms with E-state index in [0.29, 0.717) is 6.42 Å². The molecule has 2 aliphatic heterocycles. The number of benzene rings is 1. The van der Waals surface area contributed by atoms with Crippen LogP contribution in [0.4, 0.5) is 5.69 Å². The van der Waals surface area contributed by atoms with Crippen LogP contribution in [0, 0.1) is 5.92 Å². The summed E-state index contributed by atoms with van der Waals surface area (Å²) in [7, 11) is 0. The van der Waals surface area contributed by atoms with Crippen LogP contribution < -0.4 is 5.32 Å². The molecular formula is C15H17NO3. The number of amides is 1. The number of hydrogen-bond acceptors (Lipinski definition) is 3. The van der Waals surface area contributed by atoms with Gasteiger partial charge in [-0.15, -0.1) is 0 Å². The second-order valence-electron chi connectivity index (χ2n) is 5.65. The number of carbonyl (C=O) groups is 2. The zero-order chi connectivity index (χ0) is 13.6. The van der Waals surface area contributed by atoms with Crippen molar-refractivity contribution in [2.75, 3.05) is 5.32 Å². The van der Waals surface area contributed by atoms with Gasteiger partial charge in [0, 0.05) is 24.1 Å². The lowest BCUT2D eigenvalue weighted by Gasteiger charge is -2.37. The number of hydrogen-bond donors (Lipinski definition) is 1. The lowest BCUT2D eigenvalue weighted by molar-refractivity contribution is -0.174. The smallest absolute Gasteiger partial charge is 0.261 e. The van der Waals surface area contributed by atoms with Crippen molar-refractivity contribution in [2.45, 2.75) is 38.4 Å². The minimum atomic E-state index is -1.11. The largest absolute Gasteiger partial charge is 0.356 e. The van der Waals surface area contributed by atoms with Crippen LogP contribution in [-0.2, 0) is 19.9 Å². The van der Waals surface area contributed by atoms with E-state index in [1.165, 1.54) is 0 Å². The highest BCUT2D eigenvalue weighted by molar-refractivity contribution is 6.07. The van der Waals surface area contributed by atoms with Crippen LogP contribution in [0.2, 0.25) is 0 Å². The molecule has 0 aliphatic carbocycles. The van der Waals surface area contributed by atoms with Crippen molar-refractivity contribution in [3.05, 3.63) is 29.8 Å². The van der Waals surface area contributed by atoms with Crippen molar-refractivity contribution in [1.82, 2.24) is 0 Å². The van der Waals surface area contributed by atoms with E-state index in [-0.39, 0.29) is 30.1 Å². The Kier molecular flexibility index (Phi) is 2.71.